The SMILES string of the molecule is CCCCCCCCCCCC/C=C/C(O)C(CO)NC(=O)CCCCCCCCC/C=C\CCCCCCCCOC(=O)CCCCCCCCCCCCCCCC. The summed E-state index contributed by atoms with van der Waals surface area (Å²) in [7, 11) is 0. The summed E-state index contributed by atoms with van der Waals surface area (Å²) in [6, 6.07) is -0.635. The van der Waals surface area contributed by atoms with E-state index < -0.39 is 12.1 Å². The fourth-order valence-corrected chi connectivity index (χ4v) is 8.10. The van der Waals surface area contributed by atoms with Crippen LogP contribution < -0.4 is 5.32 Å². The highest BCUT2D eigenvalue weighted by atomic mass is 16.5. The summed E-state index contributed by atoms with van der Waals surface area (Å²) in [6.45, 7) is 4.88. The molecule has 2 unspecified atom stereocenters. The van der Waals surface area contributed by atoms with Gasteiger partial charge in [-0.25, -0.2) is 0 Å². The third-order valence-electron chi connectivity index (χ3n) is 12.2. The van der Waals surface area contributed by atoms with E-state index >= 15 is 0 Å². The predicted octanol–water partition coefficient (Wildman–Crippen LogP) is 15.9. The molecule has 0 saturated carbocycles. The monoisotopic (exact) mass is 846 g/mol. The van der Waals surface area contributed by atoms with Gasteiger partial charge in [0.05, 0.1) is 25.4 Å². The molecule has 60 heavy (non-hydrogen) atoms. The van der Waals surface area contributed by atoms with E-state index in [2.05, 4.69) is 31.3 Å². The average molecular weight is 846 g/mol. The fraction of sp³-hybridized carbons (Fsp3) is 0.889. The molecule has 0 aliphatic heterocycles. The number of carbonyl (C=O) groups is 2. The molecule has 3 N–H and O–H groups in total. The average Bonchev–Trinajstić information content (AvgIpc) is 3.25. The number of carbonyl (C=O) groups excluding carboxylic acids is 2. The zero-order chi connectivity index (χ0) is 43.7. The molecule has 0 saturated heterocycles. The number of amides is 1. The Morgan fingerprint density at radius 2 is 0.783 bits per heavy atom. The van der Waals surface area contributed by atoms with Gasteiger partial charge in [-0.1, -0.05) is 237 Å². The number of allylic oxidation sites excluding steroid dienone is 3. The Morgan fingerprint density at radius 3 is 1.18 bits per heavy atom. The van der Waals surface area contributed by atoms with Gasteiger partial charge < -0.3 is 20.3 Å². The minimum atomic E-state index is -0.850. The van der Waals surface area contributed by atoms with E-state index in [-0.39, 0.29) is 18.5 Å². The second-order valence-corrected chi connectivity index (χ2v) is 18.2. The topological polar surface area (TPSA) is 95.9 Å². The minimum absolute atomic E-state index is 0.000832. The van der Waals surface area contributed by atoms with Gasteiger partial charge in [-0.3, -0.25) is 9.59 Å². The second kappa shape index (κ2) is 50.0. The van der Waals surface area contributed by atoms with E-state index in [0.29, 0.717) is 19.4 Å². The molecule has 0 bridgehead atoms. The Balaban J connectivity index is 3.47. The molecule has 0 aliphatic rings. The van der Waals surface area contributed by atoms with Gasteiger partial charge in [-0.05, 0) is 57.8 Å². The Bertz CT molecular complexity index is 935. The van der Waals surface area contributed by atoms with Crippen LogP contribution in [0, 0.1) is 0 Å². The molecule has 0 rings (SSSR count). The van der Waals surface area contributed by atoms with Gasteiger partial charge in [0.25, 0.3) is 0 Å². The quantitative estimate of drug-likeness (QED) is 0.0322. The van der Waals surface area contributed by atoms with Crippen LogP contribution in [0.4, 0.5) is 0 Å². The second-order valence-electron chi connectivity index (χ2n) is 18.2. The van der Waals surface area contributed by atoms with E-state index in [1.807, 2.05) is 6.08 Å². The highest BCUT2D eigenvalue weighted by molar-refractivity contribution is 5.76. The van der Waals surface area contributed by atoms with Gasteiger partial charge in [0.1, 0.15) is 0 Å². The summed E-state index contributed by atoms with van der Waals surface area (Å²) < 4.78 is 5.46. The number of esters is 1. The molecule has 0 aromatic rings. The lowest BCUT2D eigenvalue weighted by Crippen LogP contribution is -2.45. The Kier molecular flexibility index (Phi) is 48.6. The molecular formula is C54H103NO5. The van der Waals surface area contributed by atoms with Crippen LogP contribution in [0.25, 0.3) is 0 Å². The first-order valence-electron chi connectivity index (χ1n) is 26.6. The Labute approximate surface area is 373 Å². The zero-order valence-electron chi connectivity index (χ0n) is 40.2. The smallest absolute Gasteiger partial charge is 0.305 e. The number of aliphatic hydroxyl groups is 2. The maximum Gasteiger partial charge on any atom is 0.305 e. The predicted molar refractivity (Wildman–Crippen MR) is 260 cm³/mol. The molecule has 0 heterocycles. The number of rotatable bonds is 49. The molecule has 0 spiro atoms. The van der Waals surface area contributed by atoms with Crippen LogP contribution in [0.3, 0.4) is 0 Å². The number of nitrogens with one attached hydrogen (secondary N) is 1. The first-order chi connectivity index (χ1) is 29.5. The van der Waals surface area contributed by atoms with Crippen molar-refractivity contribution in [3.8, 4) is 0 Å². The molecule has 6 nitrogen and oxygen atoms in total. The van der Waals surface area contributed by atoms with Crippen molar-refractivity contribution in [3.63, 3.8) is 0 Å². The minimum Gasteiger partial charge on any atom is -0.466 e. The molecule has 2 atom stereocenters. The molecule has 0 aromatic heterocycles. The molecule has 0 aromatic carbocycles. The fourth-order valence-electron chi connectivity index (χ4n) is 8.10. The summed E-state index contributed by atoms with van der Waals surface area (Å²) >= 11 is 0. The molecule has 6 heteroatoms. The van der Waals surface area contributed by atoms with Crippen LogP contribution in [0.1, 0.15) is 284 Å². The van der Waals surface area contributed by atoms with Crippen LogP contribution in [-0.4, -0.2) is 47.4 Å². The van der Waals surface area contributed by atoms with Crippen LogP contribution in [0.15, 0.2) is 24.3 Å². The maximum absolute atomic E-state index is 12.4. The van der Waals surface area contributed by atoms with Crippen LogP contribution in [0.2, 0.25) is 0 Å². The van der Waals surface area contributed by atoms with Crippen molar-refractivity contribution in [1.29, 1.82) is 0 Å². The summed E-state index contributed by atoms with van der Waals surface area (Å²) in [5.41, 5.74) is 0. The standard InChI is InChI=1S/C54H103NO5/c1-3-5-7-9-11-13-15-17-24-28-32-36-40-44-48-54(59)60-49-45-41-37-33-29-25-22-20-18-19-21-23-27-31-35-39-43-47-53(58)55-51(50-56)52(57)46-42-38-34-30-26-16-14-12-10-8-6-4-2/h18,20,42,46,51-52,56-57H,3-17,19,21-41,43-45,47-50H2,1-2H3,(H,55,58)/b20-18-,46-42+. The van der Waals surface area contributed by atoms with Crippen molar-refractivity contribution in [2.75, 3.05) is 13.2 Å². The Morgan fingerprint density at radius 1 is 0.450 bits per heavy atom. The van der Waals surface area contributed by atoms with Gasteiger partial charge in [0.15, 0.2) is 0 Å². The van der Waals surface area contributed by atoms with E-state index in [9.17, 15) is 19.8 Å². The molecule has 1 amide bonds. The number of hydrogen-bond acceptors (Lipinski definition) is 5. The highest BCUT2D eigenvalue weighted by Gasteiger charge is 2.18. The summed E-state index contributed by atoms with van der Waals surface area (Å²) in [5, 5.41) is 23.0. The third kappa shape index (κ3) is 45.9. The van der Waals surface area contributed by atoms with Crippen molar-refractivity contribution >= 4 is 11.9 Å². The number of unbranched alkanes of at least 4 members (excludes halogenated alkanes) is 36. The van der Waals surface area contributed by atoms with Crippen molar-refractivity contribution < 1.29 is 24.5 Å². The van der Waals surface area contributed by atoms with Gasteiger partial charge in [0.2, 0.25) is 5.91 Å². The van der Waals surface area contributed by atoms with E-state index in [1.54, 1.807) is 6.08 Å². The molecule has 0 fully saturated rings. The lowest BCUT2D eigenvalue weighted by Gasteiger charge is -2.20. The number of hydrogen-bond donors (Lipinski definition) is 3. The van der Waals surface area contributed by atoms with Crippen LogP contribution in [0.5, 0.6) is 0 Å². The van der Waals surface area contributed by atoms with Crippen LogP contribution >= 0.6 is 0 Å². The van der Waals surface area contributed by atoms with Crippen molar-refractivity contribution in [2.24, 2.45) is 0 Å². The lowest BCUT2D eigenvalue weighted by atomic mass is 10.0. The van der Waals surface area contributed by atoms with Gasteiger partial charge in [-0.15, -0.1) is 0 Å². The Hall–Kier alpha value is -1.66. The van der Waals surface area contributed by atoms with Crippen molar-refractivity contribution in [1.82, 2.24) is 5.32 Å². The van der Waals surface area contributed by atoms with Crippen LogP contribution in [-0.2, 0) is 14.3 Å². The number of aliphatic hydroxyl groups excluding tert-OH is 2. The third-order valence-corrected chi connectivity index (χ3v) is 12.2. The normalized spacial score (nSPS) is 12.8. The van der Waals surface area contributed by atoms with E-state index in [4.69, 9.17) is 4.74 Å². The molecular weight excluding hydrogens is 743 g/mol. The first kappa shape index (κ1) is 58.3. The van der Waals surface area contributed by atoms with Gasteiger partial charge in [-0.2, -0.15) is 0 Å². The molecule has 354 valence electrons. The molecule has 0 aliphatic carbocycles. The highest BCUT2D eigenvalue weighted by Crippen LogP contribution is 2.16. The first-order valence-corrected chi connectivity index (χ1v) is 26.6. The summed E-state index contributed by atoms with van der Waals surface area (Å²) in [6.07, 6.45) is 59.0. The summed E-state index contributed by atoms with van der Waals surface area (Å²) in [5.74, 6) is -0.0815. The molecule has 0 radical (unpaired) electrons. The maximum atomic E-state index is 12.4. The largest absolute Gasteiger partial charge is 0.466 e. The van der Waals surface area contributed by atoms with E-state index in [0.717, 1.165) is 57.8 Å². The van der Waals surface area contributed by atoms with Gasteiger partial charge >= 0.3 is 5.97 Å². The van der Waals surface area contributed by atoms with Crippen molar-refractivity contribution in [2.45, 2.75) is 296 Å². The van der Waals surface area contributed by atoms with E-state index in [1.165, 1.54) is 199 Å². The summed E-state index contributed by atoms with van der Waals surface area (Å²) in [4.78, 5) is 24.4. The van der Waals surface area contributed by atoms with Crippen molar-refractivity contribution in [3.05, 3.63) is 24.3 Å². The number of ether oxygens (including phenoxy) is 1. The zero-order valence-corrected chi connectivity index (χ0v) is 40.2. The lowest BCUT2D eigenvalue weighted by molar-refractivity contribution is -0.143. The van der Waals surface area contributed by atoms with Gasteiger partial charge in [0, 0.05) is 12.8 Å².